The monoisotopic (exact) mass is 377 g/mol. The van der Waals surface area contributed by atoms with Crippen LogP contribution < -0.4 is 15.4 Å². The van der Waals surface area contributed by atoms with Crippen LogP contribution in [0.15, 0.2) is 54.6 Å². The maximum absolute atomic E-state index is 11.5. The second-order valence-corrected chi connectivity index (χ2v) is 7.15. The number of hydrogen-bond acceptors (Lipinski definition) is 4. The minimum absolute atomic E-state index is 0.485. The fourth-order valence-electron chi connectivity index (χ4n) is 3.20. The van der Waals surface area contributed by atoms with Gasteiger partial charge in [0, 0.05) is 23.7 Å². The van der Waals surface area contributed by atoms with Crippen LogP contribution in [-0.2, 0) is 6.42 Å². The fraction of sp³-hybridized carbons (Fsp3) is 0.273. The van der Waals surface area contributed by atoms with Crippen molar-refractivity contribution in [3.63, 3.8) is 0 Å². The van der Waals surface area contributed by atoms with Gasteiger partial charge in [-0.2, -0.15) is 0 Å². The van der Waals surface area contributed by atoms with Crippen molar-refractivity contribution >= 4 is 22.7 Å². The lowest BCUT2D eigenvalue weighted by Crippen LogP contribution is -2.31. The predicted molar refractivity (Wildman–Crippen MR) is 109 cm³/mol. The average Bonchev–Trinajstić information content (AvgIpc) is 3.51. The van der Waals surface area contributed by atoms with Crippen molar-refractivity contribution in [2.24, 2.45) is 11.7 Å². The Morgan fingerprint density at radius 3 is 2.61 bits per heavy atom. The van der Waals surface area contributed by atoms with Gasteiger partial charge >= 0.3 is 6.09 Å². The molecule has 0 bridgehead atoms. The molecule has 144 valence electrons. The molecule has 0 saturated heterocycles. The zero-order valence-corrected chi connectivity index (χ0v) is 15.5. The molecule has 2 aromatic carbocycles. The number of amides is 1. The third-order valence-corrected chi connectivity index (χ3v) is 4.90. The number of ether oxygens (including phenoxy) is 1. The van der Waals surface area contributed by atoms with Crippen LogP contribution in [0.4, 0.5) is 10.5 Å². The third-order valence-electron chi connectivity index (χ3n) is 4.90. The number of benzene rings is 2. The molecule has 3 aromatic rings. The zero-order chi connectivity index (χ0) is 19.5. The third kappa shape index (κ3) is 4.23. The van der Waals surface area contributed by atoms with E-state index in [9.17, 15) is 9.90 Å². The molecular formula is C22H23N3O3. The van der Waals surface area contributed by atoms with Crippen LogP contribution in [0.1, 0.15) is 18.4 Å². The minimum atomic E-state index is -0.925. The summed E-state index contributed by atoms with van der Waals surface area (Å²) in [5.74, 6) is 1.60. The molecule has 6 heteroatoms. The summed E-state index contributed by atoms with van der Waals surface area (Å²) >= 11 is 0. The van der Waals surface area contributed by atoms with Crippen LogP contribution in [0.2, 0.25) is 0 Å². The van der Waals surface area contributed by atoms with Crippen molar-refractivity contribution in [1.82, 2.24) is 4.98 Å². The number of carbonyl (C=O) groups is 1. The summed E-state index contributed by atoms with van der Waals surface area (Å²) in [4.78, 5) is 17.5. The van der Waals surface area contributed by atoms with Crippen LogP contribution in [0.25, 0.3) is 10.9 Å². The second kappa shape index (κ2) is 7.86. The van der Waals surface area contributed by atoms with E-state index in [1.165, 1.54) is 10.5 Å². The molecule has 1 aromatic heterocycles. The number of nitrogens with two attached hydrogens (primary N) is 1. The van der Waals surface area contributed by atoms with Crippen molar-refractivity contribution in [2.45, 2.75) is 19.3 Å². The van der Waals surface area contributed by atoms with Gasteiger partial charge in [0.15, 0.2) is 0 Å². The fourth-order valence-corrected chi connectivity index (χ4v) is 3.20. The molecule has 1 heterocycles. The molecule has 0 radical (unpaired) electrons. The molecule has 28 heavy (non-hydrogen) atoms. The molecule has 1 fully saturated rings. The molecule has 4 rings (SSSR count). The van der Waals surface area contributed by atoms with Crippen LogP contribution in [0.3, 0.4) is 0 Å². The van der Waals surface area contributed by atoms with E-state index in [2.05, 4.69) is 11.1 Å². The van der Waals surface area contributed by atoms with E-state index in [1.807, 2.05) is 24.3 Å². The molecule has 0 spiro atoms. The van der Waals surface area contributed by atoms with Crippen molar-refractivity contribution in [2.75, 3.05) is 18.0 Å². The van der Waals surface area contributed by atoms with E-state index in [0.29, 0.717) is 36.3 Å². The van der Waals surface area contributed by atoms with E-state index in [4.69, 9.17) is 10.5 Å². The van der Waals surface area contributed by atoms with E-state index >= 15 is 0 Å². The first-order valence-corrected chi connectivity index (χ1v) is 9.50. The highest BCUT2D eigenvalue weighted by atomic mass is 16.5. The summed E-state index contributed by atoms with van der Waals surface area (Å²) in [6.07, 6.45) is 2.12. The topological polar surface area (TPSA) is 88.7 Å². The molecule has 0 atom stereocenters. The summed E-state index contributed by atoms with van der Waals surface area (Å²) in [6, 6.07) is 17.0. The molecule has 1 amide bonds. The largest absolute Gasteiger partial charge is 0.465 e. The summed E-state index contributed by atoms with van der Waals surface area (Å²) in [5.41, 5.74) is 8.32. The summed E-state index contributed by atoms with van der Waals surface area (Å²) in [6.45, 7) is 1.17. The predicted octanol–water partition coefficient (Wildman–Crippen LogP) is 4.42. The first kappa shape index (κ1) is 18.3. The van der Waals surface area contributed by atoms with Gasteiger partial charge in [0.05, 0.1) is 5.52 Å². The molecule has 0 unspecified atom stereocenters. The highest BCUT2D eigenvalue weighted by Crippen LogP contribution is 2.32. The Kier molecular flexibility index (Phi) is 5.12. The van der Waals surface area contributed by atoms with Gasteiger partial charge in [-0.05, 0) is 79.8 Å². The Balaban J connectivity index is 1.49. The van der Waals surface area contributed by atoms with Gasteiger partial charge in [0.1, 0.15) is 5.75 Å². The average molecular weight is 377 g/mol. The standard InChI is InChI=1S/C22H23N3O3/c23-12-11-15-3-9-20-17(13-15)4-10-21(24-20)28-19-7-5-18(6-8-19)25(22(26)27)14-16-1-2-16/h3-10,13,16H,1-2,11-12,14,23H2,(H,26,27). The molecule has 1 aliphatic rings. The SMILES string of the molecule is NCCc1ccc2nc(Oc3ccc(N(CC4CC4)C(=O)O)cc3)ccc2c1. The molecule has 1 aliphatic carbocycles. The Bertz CT molecular complexity index is 984. The molecule has 1 saturated carbocycles. The smallest absolute Gasteiger partial charge is 0.411 e. The van der Waals surface area contributed by atoms with Crippen LogP contribution in [-0.4, -0.2) is 29.3 Å². The highest BCUT2D eigenvalue weighted by molar-refractivity contribution is 5.86. The second-order valence-electron chi connectivity index (χ2n) is 7.15. The Hall–Kier alpha value is -3.12. The first-order valence-electron chi connectivity index (χ1n) is 9.50. The minimum Gasteiger partial charge on any atom is -0.465 e. The van der Waals surface area contributed by atoms with Crippen LogP contribution in [0, 0.1) is 5.92 Å². The zero-order valence-electron chi connectivity index (χ0n) is 15.5. The van der Waals surface area contributed by atoms with Gasteiger partial charge in [-0.3, -0.25) is 4.90 Å². The number of rotatable bonds is 7. The van der Waals surface area contributed by atoms with Gasteiger partial charge in [-0.25, -0.2) is 9.78 Å². The maximum atomic E-state index is 11.5. The summed E-state index contributed by atoms with van der Waals surface area (Å²) in [5, 5.41) is 10.5. The molecular weight excluding hydrogens is 354 g/mol. The normalized spacial score (nSPS) is 13.5. The number of carboxylic acid groups (broad SMARTS) is 1. The van der Waals surface area contributed by atoms with Crippen LogP contribution >= 0.6 is 0 Å². The Labute approximate surface area is 163 Å². The number of aromatic nitrogens is 1. The van der Waals surface area contributed by atoms with Gasteiger partial charge in [-0.15, -0.1) is 0 Å². The number of nitrogens with zero attached hydrogens (tertiary/aromatic N) is 2. The van der Waals surface area contributed by atoms with Gasteiger partial charge < -0.3 is 15.6 Å². The van der Waals surface area contributed by atoms with Crippen molar-refractivity contribution in [3.8, 4) is 11.6 Å². The number of fused-ring (bicyclic) bond motifs is 1. The van der Waals surface area contributed by atoms with E-state index in [0.717, 1.165) is 30.2 Å². The number of anilines is 1. The number of hydrogen-bond donors (Lipinski definition) is 2. The van der Waals surface area contributed by atoms with Gasteiger partial charge in [-0.1, -0.05) is 6.07 Å². The summed E-state index contributed by atoms with van der Waals surface area (Å²) < 4.78 is 5.86. The summed E-state index contributed by atoms with van der Waals surface area (Å²) in [7, 11) is 0. The van der Waals surface area contributed by atoms with Crippen LogP contribution in [0.5, 0.6) is 11.6 Å². The van der Waals surface area contributed by atoms with Gasteiger partial charge in [0.25, 0.3) is 0 Å². The van der Waals surface area contributed by atoms with Crippen molar-refractivity contribution < 1.29 is 14.6 Å². The number of pyridine rings is 1. The quantitative estimate of drug-likeness (QED) is 0.636. The Morgan fingerprint density at radius 1 is 1.14 bits per heavy atom. The van der Waals surface area contributed by atoms with E-state index < -0.39 is 6.09 Å². The molecule has 3 N–H and O–H groups in total. The van der Waals surface area contributed by atoms with Crippen molar-refractivity contribution in [3.05, 3.63) is 60.2 Å². The molecule has 6 nitrogen and oxygen atoms in total. The van der Waals surface area contributed by atoms with Gasteiger partial charge in [0.2, 0.25) is 5.88 Å². The lowest BCUT2D eigenvalue weighted by molar-refractivity contribution is 0.201. The highest BCUT2D eigenvalue weighted by Gasteiger charge is 2.27. The van der Waals surface area contributed by atoms with E-state index in [1.54, 1.807) is 24.3 Å². The van der Waals surface area contributed by atoms with Crippen molar-refractivity contribution in [1.29, 1.82) is 0 Å². The van der Waals surface area contributed by atoms with E-state index in [-0.39, 0.29) is 0 Å². The molecule has 0 aliphatic heterocycles. The first-order chi connectivity index (χ1) is 13.6. The lowest BCUT2D eigenvalue weighted by Gasteiger charge is -2.19. The maximum Gasteiger partial charge on any atom is 0.411 e. The lowest BCUT2D eigenvalue weighted by atomic mass is 10.1. The Morgan fingerprint density at radius 2 is 1.93 bits per heavy atom.